The highest BCUT2D eigenvalue weighted by atomic mass is 16.5. The molecule has 1 aromatic heterocycles. The molecule has 1 heterocycles. The normalized spacial score (nSPS) is 17.6. The Labute approximate surface area is 106 Å². The molecule has 0 saturated heterocycles. The number of nitrogen functional groups attached to an aromatic ring is 1. The fourth-order valence-electron chi connectivity index (χ4n) is 2.38. The lowest BCUT2D eigenvalue weighted by atomic mass is 9.80. The van der Waals surface area contributed by atoms with Crippen LogP contribution in [0.15, 0.2) is 18.2 Å². The predicted octanol–water partition coefficient (Wildman–Crippen LogP) is 2.13. The smallest absolute Gasteiger partial charge is 0.201 e. The number of hydrogen-bond acceptors (Lipinski definition) is 4. The maximum Gasteiger partial charge on any atom is 0.201 e. The molecule has 1 saturated carbocycles. The molecular weight excluding hydrogens is 228 g/mol. The molecule has 0 spiro atoms. The molecule has 0 aliphatic heterocycles. The summed E-state index contributed by atoms with van der Waals surface area (Å²) in [5, 5.41) is 3.31. The van der Waals surface area contributed by atoms with Crippen molar-refractivity contribution in [2.45, 2.75) is 24.9 Å². The Morgan fingerprint density at radius 3 is 3.00 bits per heavy atom. The van der Waals surface area contributed by atoms with Crippen LogP contribution in [0.2, 0.25) is 0 Å². The SMILES string of the molecule is COC1(CNc2nc3ccc(N)cc3[nH]2)CCC1. The van der Waals surface area contributed by atoms with Crippen molar-refractivity contribution in [1.29, 1.82) is 0 Å². The number of rotatable bonds is 4. The fourth-order valence-corrected chi connectivity index (χ4v) is 2.38. The van der Waals surface area contributed by atoms with Gasteiger partial charge in [-0.2, -0.15) is 0 Å². The van der Waals surface area contributed by atoms with E-state index in [4.69, 9.17) is 10.5 Å². The summed E-state index contributed by atoms with van der Waals surface area (Å²) in [5.41, 5.74) is 8.36. The number of aromatic nitrogens is 2. The summed E-state index contributed by atoms with van der Waals surface area (Å²) in [6.45, 7) is 0.790. The number of benzene rings is 1. The first kappa shape index (κ1) is 11.3. The molecule has 0 unspecified atom stereocenters. The van der Waals surface area contributed by atoms with Crippen molar-refractivity contribution in [1.82, 2.24) is 9.97 Å². The van der Waals surface area contributed by atoms with Crippen LogP contribution in [0.5, 0.6) is 0 Å². The predicted molar refractivity (Wildman–Crippen MR) is 72.6 cm³/mol. The van der Waals surface area contributed by atoms with E-state index in [2.05, 4.69) is 15.3 Å². The number of aromatic amines is 1. The second-order valence-electron chi connectivity index (χ2n) is 4.96. The standard InChI is InChI=1S/C13H18N4O/c1-18-13(5-2-6-13)8-15-12-16-10-4-3-9(14)7-11(10)17-12/h3-4,7H,2,5-6,8,14H2,1H3,(H2,15,16,17). The summed E-state index contributed by atoms with van der Waals surface area (Å²) >= 11 is 0. The van der Waals surface area contributed by atoms with Crippen molar-refractivity contribution >= 4 is 22.7 Å². The highest BCUT2D eigenvalue weighted by Crippen LogP contribution is 2.35. The fraction of sp³-hybridized carbons (Fsp3) is 0.462. The molecule has 96 valence electrons. The highest BCUT2D eigenvalue weighted by molar-refractivity contribution is 5.80. The molecule has 1 fully saturated rings. The van der Waals surface area contributed by atoms with Gasteiger partial charge in [0.2, 0.25) is 5.95 Å². The van der Waals surface area contributed by atoms with Crippen LogP contribution in [-0.4, -0.2) is 29.2 Å². The summed E-state index contributed by atoms with van der Waals surface area (Å²) in [7, 11) is 1.78. The van der Waals surface area contributed by atoms with Gasteiger partial charge >= 0.3 is 0 Å². The van der Waals surface area contributed by atoms with E-state index >= 15 is 0 Å². The molecule has 18 heavy (non-hydrogen) atoms. The van der Waals surface area contributed by atoms with E-state index in [1.54, 1.807) is 7.11 Å². The molecule has 0 atom stereocenters. The van der Waals surface area contributed by atoms with E-state index in [9.17, 15) is 0 Å². The Balaban J connectivity index is 1.74. The zero-order valence-corrected chi connectivity index (χ0v) is 10.5. The lowest BCUT2D eigenvalue weighted by Gasteiger charge is -2.40. The third-order valence-electron chi connectivity index (χ3n) is 3.78. The number of nitrogens with two attached hydrogens (primary N) is 1. The van der Waals surface area contributed by atoms with Gasteiger partial charge in [-0.15, -0.1) is 0 Å². The van der Waals surface area contributed by atoms with E-state index < -0.39 is 0 Å². The van der Waals surface area contributed by atoms with Crippen LogP contribution in [0.4, 0.5) is 11.6 Å². The first-order chi connectivity index (χ1) is 8.71. The minimum absolute atomic E-state index is 0.00198. The summed E-state index contributed by atoms with van der Waals surface area (Å²) in [5.74, 6) is 0.777. The van der Waals surface area contributed by atoms with Crippen LogP contribution in [0.1, 0.15) is 19.3 Å². The third kappa shape index (κ3) is 1.90. The number of fused-ring (bicyclic) bond motifs is 1. The first-order valence-corrected chi connectivity index (χ1v) is 6.25. The van der Waals surface area contributed by atoms with E-state index in [0.717, 1.165) is 42.1 Å². The molecule has 1 aromatic carbocycles. The number of H-pyrrole nitrogens is 1. The largest absolute Gasteiger partial charge is 0.399 e. The van der Waals surface area contributed by atoms with Crippen LogP contribution in [0.3, 0.4) is 0 Å². The minimum atomic E-state index is -0.00198. The molecular formula is C13H18N4O. The van der Waals surface area contributed by atoms with Crippen molar-refractivity contribution in [3.8, 4) is 0 Å². The van der Waals surface area contributed by atoms with Gasteiger partial charge < -0.3 is 20.8 Å². The molecule has 2 aromatic rings. The molecule has 5 nitrogen and oxygen atoms in total. The monoisotopic (exact) mass is 246 g/mol. The Bertz CT molecular complexity index is 554. The molecule has 5 heteroatoms. The summed E-state index contributed by atoms with van der Waals surface area (Å²) < 4.78 is 5.56. The lowest BCUT2D eigenvalue weighted by molar-refractivity contribution is -0.0602. The van der Waals surface area contributed by atoms with Crippen LogP contribution < -0.4 is 11.1 Å². The first-order valence-electron chi connectivity index (χ1n) is 6.25. The van der Waals surface area contributed by atoms with Crippen LogP contribution in [0.25, 0.3) is 11.0 Å². The molecule has 0 bridgehead atoms. The van der Waals surface area contributed by atoms with Gasteiger partial charge in [0, 0.05) is 19.3 Å². The van der Waals surface area contributed by atoms with Gasteiger partial charge in [-0.25, -0.2) is 4.98 Å². The molecule has 0 radical (unpaired) electrons. The van der Waals surface area contributed by atoms with Crippen molar-refractivity contribution < 1.29 is 4.74 Å². The van der Waals surface area contributed by atoms with E-state index in [0.29, 0.717) is 0 Å². The zero-order chi connectivity index (χ0) is 12.6. The van der Waals surface area contributed by atoms with E-state index in [1.807, 2.05) is 18.2 Å². The number of nitrogens with one attached hydrogen (secondary N) is 2. The minimum Gasteiger partial charge on any atom is -0.399 e. The van der Waals surface area contributed by atoms with Crippen LogP contribution in [-0.2, 0) is 4.74 Å². The average Bonchev–Trinajstić information content (AvgIpc) is 2.70. The Morgan fingerprint density at radius 2 is 2.33 bits per heavy atom. The van der Waals surface area contributed by atoms with Gasteiger partial charge in [-0.05, 0) is 37.5 Å². The van der Waals surface area contributed by atoms with Crippen molar-refractivity contribution in [3.63, 3.8) is 0 Å². The van der Waals surface area contributed by atoms with Crippen molar-refractivity contribution in [2.24, 2.45) is 0 Å². The van der Waals surface area contributed by atoms with Crippen molar-refractivity contribution in [2.75, 3.05) is 24.7 Å². The summed E-state index contributed by atoms with van der Waals surface area (Å²) in [6.07, 6.45) is 3.47. The molecule has 1 aliphatic carbocycles. The van der Waals surface area contributed by atoms with Crippen molar-refractivity contribution in [3.05, 3.63) is 18.2 Å². The maximum atomic E-state index is 5.74. The third-order valence-corrected chi connectivity index (χ3v) is 3.78. The zero-order valence-electron chi connectivity index (χ0n) is 10.5. The number of hydrogen-bond donors (Lipinski definition) is 3. The maximum absolute atomic E-state index is 5.74. The Hall–Kier alpha value is -1.75. The number of methoxy groups -OCH3 is 1. The van der Waals surface area contributed by atoms with Gasteiger partial charge in [0.25, 0.3) is 0 Å². The number of ether oxygens (including phenoxy) is 1. The van der Waals surface area contributed by atoms with E-state index in [-0.39, 0.29) is 5.60 Å². The molecule has 4 N–H and O–H groups in total. The summed E-state index contributed by atoms with van der Waals surface area (Å²) in [6, 6.07) is 5.67. The second kappa shape index (κ2) is 4.17. The lowest BCUT2D eigenvalue weighted by Crippen LogP contribution is -2.45. The van der Waals surface area contributed by atoms with Crippen LogP contribution in [0, 0.1) is 0 Å². The van der Waals surface area contributed by atoms with Gasteiger partial charge in [0.05, 0.1) is 16.6 Å². The van der Waals surface area contributed by atoms with E-state index in [1.165, 1.54) is 6.42 Å². The van der Waals surface area contributed by atoms with Gasteiger partial charge in [-0.3, -0.25) is 0 Å². The number of anilines is 2. The average molecular weight is 246 g/mol. The quantitative estimate of drug-likeness (QED) is 0.722. The molecule has 0 amide bonds. The highest BCUT2D eigenvalue weighted by Gasteiger charge is 2.36. The van der Waals surface area contributed by atoms with Gasteiger partial charge in [0.15, 0.2) is 0 Å². The topological polar surface area (TPSA) is 76.0 Å². The number of nitrogens with zero attached hydrogens (tertiary/aromatic N) is 1. The molecule has 1 aliphatic rings. The van der Waals surface area contributed by atoms with Gasteiger partial charge in [0.1, 0.15) is 0 Å². The van der Waals surface area contributed by atoms with Gasteiger partial charge in [-0.1, -0.05) is 0 Å². The summed E-state index contributed by atoms with van der Waals surface area (Å²) in [4.78, 5) is 7.70. The number of imidazole rings is 1. The van der Waals surface area contributed by atoms with Crippen LogP contribution >= 0.6 is 0 Å². The second-order valence-corrected chi connectivity index (χ2v) is 4.96. The molecule has 3 rings (SSSR count). The Morgan fingerprint density at radius 1 is 1.50 bits per heavy atom. The Kier molecular flexibility index (Phi) is 2.63.